The van der Waals surface area contributed by atoms with Gasteiger partial charge >= 0.3 is 0 Å². The third kappa shape index (κ3) is 2.07. The number of rotatable bonds is 3. The van der Waals surface area contributed by atoms with Crippen LogP contribution in [0.1, 0.15) is 0 Å². The van der Waals surface area contributed by atoms with E-state index in [1.165, 1.54) is 12.0 Å². The fraction of sp³-hybridized carbons (Fsp3) is 0.286. The van der Waals surface area contributed by atoms with Crippen molar-refractivity contribution >= 4 is 39.3 Å². The molecular weight excluding hydrogens is 208 g/mol. The number of hydrogen-bond acceptors (Lipinski definition) is 5. The molecule has 1 heterocycles. The highest BCUT2D eigenvalue weighted by atomic mass is 32.2. The number of oxime groups is 1. The monoisotopic (exact) mass is 216 g/mol. The lowest BCUT2D eigenvalue weighted by Crippen LogP contribution is -2.29. The van der Waals surface area contributed by atoms with Crippen molar-refractivity contribution in [2.24, 2.45) is 5.16 Å². The smallest absolute Gasteiger partial charge is 0.288 e. The molecule has 1 aliphatic heterocycles. The molecule has 0 spiro atoms. The van der Waals surface area contributed by atoms with E-state index in [-0.39, 0.29) is 11.0 Å². The van der Waals surface area contributed by atoms with Crippen LogP contribution >= 0.6 is 24.0 Å². The molecule has 4 nitrogen and oxygen atoms in total. The third-order valence-corrected chi connectivity index (χ3v) is 2.63. The highest BCUT2D eigenvalue weighted by Gasteiger charge is 2.33. The second-order valence-corrected chi connectivity index (χ2v) is 3.77. The minimum absolute atomic E-state index is 0.225. The number of thiocarbonyl (C=S) groups is 1. The number of carbonyl (C=O) groups excluding carboxylic acids is 1. The summed E-state index contributed by atoms with van der Waals surface area (Å²) in [5, 5.41) is 3.83. The van der Waals surface area contributed by atoms with Gasteiger partial charge in [0.05, 0.1) is 0 Å². The fourth-order valence-corrected chi connectivity index (χ4v) is 1.94. The van der Waals surface area contributed by atoms with E-state index in [0.717, 1.165) is 11.8 Å². The number of hydrogen-bond donors (Lipinski definition) is 0. The van der Waals surface area contributed by atoms with Gasteiger partial charge in [-0.05, 0) is 11.8 Å². The SMILES string of the molecule is C=CCN1C(=O)C(=NOC)SC1=S. The third-order valence-electron chi connectivity index (χ3n) is 1.32. The van der Waals surface area contributed by atoms with Gasteiger partial charge in [0.15, 0.2) is 0 Å². The van der Waals surface area contributed by atoms with E-state index in [9.17, 15) is 4.79 Å². The number of carbonyl (C=O) groups is 1. The molecule has 0 aromatic rings. The maximum absolute atomic E-state index is 11.5. The Bertz CT molecular complexity index is 288. The molecule has 1 aliphatic rings. The Hall–Kier alpha value is -0.880. The molecule has 0 aromatic carbocycles. The second kappa shape index (κ2) is 4.38. The second-order valence-electron chi connectivity index (χ2n) is 2.15. The first kappa shape index (κ1) is 10.2. The van der Waals surface area contributed by atoms with Gasteiger partial charge in [-0.1, -0.05) is 23.4 Å². The van der Waals surface area contributed by atoms with Gasteiger partial charge in [0.2, 0.25) is 5.04 Å². The van der Waals surface area contributed by atoms with Gasteiger partial charge < -0.3 is 4.84 Å². The lowest BCUT2D eigenvalue weighted by molar-refractivity contribution is -0.119. The first-order valence-corrected chi connectivity index (χ1v) is 4.69. The number of nitrogens with zero attached hydrogens (tertiary/aromatic N) is 2. The first-order chi connectivity index (χ1) is 6.20. The average Bonchev–Trinajstić information content (AvgIpc) is 2.34. The van der Waals surface area contributed by atoms with E-state index in [2.05, 4.69) is 16.6 Å². The van der Waals surface area contributed by atoms with Gasteiger partial charge in [0, 0.05) is 6.54 Å². The Morgan fingerprint density at radius 1 is 1.85 bits per heavy atom. The summed E-state index contributed by atoms with van der Waals surface area (Å²) >= 11 is 6.09. The lowest BCUT2D eigenvalue weighted by Gasteiger charge is -2.09. The molecule has 6 heteroatoms. The zero-order valence-corrected chi connectivity index (χ0v) is 8.65. The maximum Gasteiger partial charge on any atom is 0.288 e. The molecule has 1 fully saturated rings. The molecule has 0 aromatic heterocycles. The van der Waals surface area contributed by atoms with Crippen LogP contribution in [0, 0.1) is 0 Å². The lowest BCUT2D eigenvalue weighted by atomic mass is 10.5. The van der Waals surface area contributed by atoms with Crippen molar-refractivity contribution in [2.45, 2.75) is 0 Å². The highest BCUT2D eigenvalue weighted by Crippen LogP contribution is 2.22. The van der Waals surface area contributed by atoms with Gasteiger partial charge in [-0.25, -0.2) is 0 Å². The van der Waals surface area contributed by atoms with Crippen LogP contribution in [0.3, 0.4) is 0 Å². The zero-order valence-electron chi connectivity index (χ0n) is 7.02. The number of amides is 1. The molecule has 0 unspecified atom stereocenters. The maximum atomic E-state index is 11.5. The highest BCUT2D eigenvalue weighted by molar-refractivity contribution is 8.35. The molecule has 1 rings (SSSR count). The van der Waals surface area contributed by atoms with Crippen molar-refractivity contribution in [3.05, 3.63) is 12.7 Å². The van der Waals surface area contributed by atoms with E-state index in [1.807, 2.05) is 0 Å². The van der Waals surface area contributed by atoms with Crippen molar-refractivity contribution in [2.75, 3.05) is 13.7 Å². The molecule has 70 valence electrons. The van der Waals surface area contributed by atoms with Crippen LogP contribution in [0.2, 0.25) is 0 Å². The molecule has 0 radical (unpaired) electrons. The molecule has 1 saturated heterocycles. The Morgan fingerprint density at radius 2 is 2.54 bits per heavy atom. The molecule has 0 N–H and O–H groups in total. The summed E-state index contributed by atoms with van der Waals surface area (Å²) in [4.78, 5) is 17.4. The van der Waals surface area contributed by atoms with Crippen molar-refractivity contribution in [3.8, 4) is 0 Å². The summed E-state index contributed by atoms with van der Waals surface area (Å²) in [6.45, 7) is 3.94. The summed E-state index contributed by atoms with van der Waals surface area (Å²) in [6.07, 6.45) is 1.61. The Morgan fingerprint density at radius 3 is 3.08 bits per heavy atom. The van der Waals surface area contributed by atoms with Gasteiger partial charge in [-0.15, -0.1) is 6.58 Å². The molecule has 13 heavy (non-hydrogen) atoms. The Balaban J connectivity index is 2.81. The summed E-state index contributed by atoms with van der Waals surface area (Å²) in [5.41, 5.74) is 0. The zero-order chi connectivity index (χ0) is 9.84. The Labute approximate surface area is 85.6 Å². The summed E-state index contributed by atoms with van der Waals surface area (Å²) < 4.78 is 0.487. The average molecular weight is 216 g/mol. The van der Waals surface area contributed by atoms with Crippen LogP contribution in [0.4, 0.5) is 0 Å². The van der Waals surface area contributed by atoms with E-state index in [0.29, 0.717) is 10.9 Å². The van der Waals surface area contributed by atoms with Gasteiger partial charge in [0.25, 0.3) is 5.91 Å². The van der Waals surface area contributed by atoms with Crippen LogP contribution in [0.15, 0.2) is 17.8 Å². The number of thioether (sulfide) groups is 1. The van der Waals surface area contributed by atoms with Crippen molar-refractivity contribution in [3.63, 3.8) is 0 Å². The van der Waals surface area contributed by atoms with Gasteiger partial charge in [0.1, 0.15) is 11.4 Å². The Kier molecular flexibility index (Phi) is 3.44. The quantitative estimate of drug-likeness (QED) is 0.401. The minimum atomic E-state index is -0.225. The summed E-state index contributed by atoms with van der Waals surface area (Å²) in [6, 6.07) is 0. The van der Waals surface area contributed by atoms with E-state index in [1.54, 1.807) is 6.08 Å². The van der Waals surface area contributed by atoms with Crippen LogP contribution in [0.5, 0.6) is 0 Å². The van der Waals surface area contributed by atoms with Crippen molar-refractivity contribution < 1.29 is 9.63 Å². The van der Waals surface area contributed by atoms with Gasteiger partial charge in [-0.2, -0.15) is 0 Å². The predicted molar refractivity (Wildman–Crippen MR) is 56.5 cm³/mol. The van der Waals surface area contributed by atoms with E-state index >= 15 is 0 Å². The standard InChI is InChI=1S/C7H8N2O2S2/c1-3-4-9-6(10)5(8-11-2)13-7(9)12/h3H,1,4H2,2H3. The minimum Gasteiger partial charge on any atom is -0.398 e. The fourth-order valence-electron chi connectivity index (χ4n) is 0.807. The predicted octanol–water partition coefficient (Wildman–Crippen LogP) is 0.993. The molecular formula is C7H8N2O2S2. The van der Waals surface area contributed by atoms with Crippen LogP contribution in [-0.2, 0) is 9.63 Å². The summed E-state index contributed by atoms with van der Waals surface area (Å²) in [7, 11) is 1.39. The molecule has 0 bridgehead atoms. The molecule has 0 saturated carbocycles. The largest absolute Gasteiger partial charge is 0.398 e. The topological polar surface area (TPSA) is 41.9 Å². The van der Waals surface area contributed by atoms with Crippen molar-refractivity contribution in [1.29, 1.82) is 0 Å². The van der Waals surface area contributed by atoms with Crippen molar-refractivity contribution in [1.82, 2.24) is 4.90 Å². The van der Waals surface area contributed by atoms with Gasteiger partial charge in [-0.3, -0.25) is 9.69 Å². The van der Waals surface area contributed by atoms with Crippen LogP contribution < -0.4 is 0 Å². The van der Waals surface area contributed by atoms with E-state index in [4.69, 9.17) is 12.2 Å². The summed E-state index contributed by atoms with van der Waals surface area (Å²) in [5.74, 6) is -0.225. The molecule has 0 atom stereocenters. The molecule has 0 aliphatic carbocycles. The van der Waals surface area contributed by atoms with Crippen LogP contribution in [-0.4, -0.2) is 33.8 Å². The van der Waals surface area contributed by atoms with Crippen LogP contribution in [0.25, 0.3) is 0 Å². The van der Waals surface area contributed by atoms with E-state index < -0.39 is 0 Å². The normalized spacial score (nSPS) is 19.8. The molecule has 1 amide bonds. The first-order valence-electron chi connectivity index (χ1n) is 3.46.